The average Bonchev–Trinajstić information content (AvgIpc) is 2.37. The Morgan fingerprint density at radius 2 is 2.22 bits per heavy atom. The largest absolute Gasteiger partial charge is 0.261 e. The van der Waals surface area contributed by atoms with Crippen molar-refractivity contribution in [2.45, 2.75) is 33.6 Å². The van der Waals surface area contributed by atoms with Crippen LogP contribution in [-0.2, 0) is 6.42 Å². The highest BCUT2D eigenvalue weighted by Crippen LogP contribution is 2.13. The first kappa shape index (κ1) is 14.4. The molecule has 1 heterocycles. The zero-order chi connectivity index (χ0) is 13.4. The summed E-state index contributed by atoms with van der Waals surface area (Å²) in [6.45, 7) is 10.4. The minimum atomic E-state index is 0.692. The van der Waals surface area contributed by atoms with Crippen LogP contribution >= 0.6 is 0 Å². The Hall–Kier alpha value is -1.63. The maximum absolute atomic E-state index is 4.39. The summed E-state index contributed by atoms with van der Waals surface area (Å²) in [6.07, 6.45) is 12.3. The number of aryl methyl sites for hydroxylation is 1. The summed E-state index contributed by atoms with van der Waals surface area (Å²) in [5.74, 6) is 0.692. The van der Waals surface area contributed by atoms with Gasteiger partial charge in [-0.25, -0.2) is 0 Å². The number of hydrogen-bond donors (Lipinski definition) is 0. The van der Waals surface area contributed by atoms with Crippen LogP contribution in [0, 0.1) is 5.92 Å². The van der Waals surface area contributed by atoms with Crippen molar-refractivity contribution in [3.8, 4) is 0 Å². The Bertz CT molecular complexity index is 439. The van der Waals surface area contributed by atoms with E-state index in [9.17, 15) is 0 Å². The summed E-state index contributed by atoms with van der Waals surface area (Å²) < 4.78 is 0. The SMILES string of the molecule is C=CC(/C=C/CC(C)C)=C\c1cccnc1CC. The van der Waals surface area contributed by atoms with Gasteiger partial charge >= 0.3 is 0 Å². The highest BCUT2D eigenvalue weighted by Gasteiger charge is 1.98. The van der Waals surface area contributed by atoms with Gasteiger partial charge in [0.15, 0.2) is 0 Å². The predicted octanol–water partition coefficient (Wildman–Crippen LogP) is 4.82. The molecular formula is C17H23N. The summed E-state index contributed by atoms with van der Waals surface area (Å²) in [5.41, 5.74) is 3.46. The van der Waals surface area contributed by atoms with Crippen molar-refractivity contribution in [3.63, 3.8) is 0 Å². The number of rotatable bonds is 6. The Kier molecular flexibility index (Phi) is 6.13. The molecule has 1 aromatic rings. The Labute approximate surface area is 111 Å². The van der Waals surface area contributed by atoms with E-state index in [0.29, 0.717) is 5.92 Å². The molecule has 0 aliphatic rings. The van der Waals surface area contributed by atoms with E-state index in [1.54, 1.807) is 0 Å². The first-order valence-electron chi connectivity index (χ1n) is 6.62. The number of allylic oxidation sites excluding steroid dienone is 4. The second-order valence-corrected chi connectivity index (χ2v) is 4.77. The summed E-state index contributed by atoms with van der Waals surface area (Å²) in [5, 5.41) is 0. The van der Waals surface area contributed by atoms with Crippen LogP contribution in [0.25, 0.3) is 6.08 Å². The van der Waals surface area contributed by atoms with Crippen LogP contribution in [-0.4, -0.2) is 4.98 Å². The van der Waals surface area contributed by atoms with Gasteiger partial charge in [-0.15, -0.1) is 0 Å². The van der Waals surface area contributed by atoms with Gasteiger partial charge in [-0.3, -0.25) is 4.98 Å². The molecule has 96 valence electrons. The van der Waals surface area contributed by atoms with E-state index >= 15 is 0 Å². The molecule has 0 radical (unpaired) electrons. The zero-order valence-electron chi connectivity index (χ0n) is 11.7. The fourth-order valence-corrected chi connectivity index (χ4v) is 1.71. The van der Waals surface area contributed by atoms with E-state index in [2.05, 4.69) is 56.6 Å². The summed E-state index contributed by atoms with van der Waals surface area (Å²) in [7, 11) is 0. The van der Waals surface area contributed by atoms with Gasteiger partial charge in [0, 0.05) is 11.9 Å². The molecule has 0 saturated heterocycles. The Morgan fingerprint density at radius 3 is 2.83 bits per heavy atom. The minimum Gasteiger partial charge on any atom is -0.261 e. The molecule has 0 fully saturated rings. The van der Waals surface area contributed by atoms with E-state index in [1.165, 1.54) is 5.56 Å². The molecule has 1 aromatic heterocycles. The Morgan fingerprint density at radius 1 is 1.44 bits per heavy atom. The maximum atomic E-state index is 4.39. The van der Waals surface area contributed by atoms with E-state index in [-0.39, 0.29) is 0 Å². The topological polar surface area (TPSA) is 12.9 Å². The lowest BCUT2D eigenvalue weighted by Crippen LogP contribution is -1.90. The van der Waals surface area contributed by atoms with Crippen LogP contribution in [0.1, 0.15) is 38.4 Å². The first-order valence-corrected chi connectivity index (χ1v) is 6.62. The fraction of sp³-hybridized carbons (Fsp3) is 0.353. The van der Waals surface area contributed by atoms with Gasteiger partial charge in [0.25, 0.3) is 0 Å². The van der Waals surface area contributed by atoms with Gasteiger partial charge in [-0.05, 0) is 42.0 Å². The van der Waals surface area contributed by atoms with Crippen LogP contribution in [0.5, 0.6) is 0 Å². The number of aromatic nitrogens is 1. The summed E-state index contributed by atoms with van der Waals surface area (Å²) in [4.78, 5) is 4.39. The fourth-order valence-electron chi connectivity index (χ4n) is 1.71. The van der Waals surface area contributed by atoms with Crippen molar-refractivity contribution < 1.29 is 0 Å². The molecule has 0 atom stereocenters. The van der Waals surface area contributed by atoms with Crippen LogP contribution in [0.3, 0.4) is 0 Å². The molecule has 0 amide bonds. The lowest BCUT2D eigenvalue weighted by molar-refractivity contribution is 0.663. The van der Waals surface area contributed by atoms with Crippen molar-refractivity contribution >= 4 is 6.08 Å². The molecule has 0 aliphatic carbocycles. The van der Waals surface area contributed by atoms with Gasteiger partial charge in [0.05, 0.1) is 0 Å². The van der Waals surface area contributed by atoms with Crippen molar-refractivity contribution in [2.24, 2.45) is 5.92 Å². The minimum absolute atomic E-state index is 0.692. The molecule has 0 aliphatic heterocycles. The average molecular weight is 241 g/mol. The molecule has 0 N–H and O–H groups in total. The smallest absolute Gasteiger partial charge is 0.0473 e. The molecular weight excluding hydrogens is 218 g/mol. The van der Waals surface area contributed by atoms with Crippen molar-refractivity contribution in [3.05, 3.63) is 60.0 Å². The van der Waals surface area contributed by atoms with Gasteiger partial charge in [-0.1, -0.05) is 51.6 Å². The molecule has 0 unspecified atom stereocenters. The quantitative estimate of drug-likeness (QED) is 0.651. The third kappa shape index (κ3) is 4.70. The molecule has 0 aromatic carbocycles. The molecule has 18 heavy (non-hydrogen) atoms. The van der Waals surface area contributed by atoms with Crippen LogP contribution in [0.15, 0.2) is 48.7 Å². The lowest BCUT2D eigenvalue weighted by Gasteiger charge is -2.03. The highest BCUT2D eigenvalue weighted by atomic mass is 14.7. The maximum Gasteiger partial charge on any atom is 0.0473 e. The normalized spacial score (nSPS) is 12.3. The standard InChI is InChI=1S/C17H23N/c1-5-15(10-7-9-14(3)4)13-16-11-8-12-18-17(16)6-2/h5,7-8,10-14H,1,6,9H2,2-4H3/b10-7+,15-13+. The highest BCUT2D eigenvalue weighted by molar-refractivity contribution is 5.60. The van der Waals surface area contributed by atoms with Crippen molar-refractivity contribution in [1.82, 2.24) is 4.98 Å². The van der Waals surface area contributed by atoms with Gasteiger partial charge in [0.2, 0.25) is 0 Å². The molecule has 1 nitrogen and oxygen atoms in total. The number of pyridine rings is 1. The molecule has 0 bridgehead atoms. The third-order valence-electron chi connectivity index (χ3n) is 2.74. The Balaban J connectivity index is 2.90. The molecule has 1 heteroatoms. The van der Waals surface area contributed by atoms with Crippen molar-refractivity contribution in [1.29, 1.82) is 0 Å². The zero-order valence-corrected chi connectivity index (χ0v) is 11.7. The molecule has 0 saturated carbocycles. The monoisotopic (exact) mass is 241 g/mol. The summed E-state index contributed by atoms with van der Waals surface area (Å²) >= 11 is 0. The van der Waals surface area contributed by atoms with Crippen LogP contribution in [0.4, 0.5) is 0 Å². The first-order chi connectivity index (χ1) is 8.67. The molecule has 1 rings (SSSR count). The second kappa shape index (κ2) is 7.65. The van der Waals surface area contributed by atoms with E-state index < -0.39 is 0 Å². The van der Waals surface area contributed by atoms with Crippen LogP contribution < -0.4 is 0 Å². The number of nitrogens with zero attached hydrogens (tertiary/aromatic N) is 1. The predicted molar refractivity (Wildman–Crippen MR) is 80.4 cm³/mol. The van der Waals surface area contributed by atoms with Gasteiger partial charge in [-0.2, -0.15) is 0 Å². The third-order valence-corrected chi connectivity index (χ3v) is 2.74. The summed E-state index contributed by atoms with van der Waals surface area (Å²) in [6, 6.07) is 4.08. The van der Waals surface area contributed by atoms with E-state index in [1.807, 2.05) is 18.3 Å². The second-order valence-electron chi connectivity index (χ2n) is 4.77. The van der Waals surface area contributed by atoms with E-state index in [4.69, 9.17) is 0 Å². The number of hydrogen-bond acceptors (Lipinski definition) is 1. The van der Waals surface area contributed by atoms with Crippen molar-refractivity contribution in [2.75, 3.05) is 0 Å². The lowest BCUT2D eigenvalue weighted by atomic mass is 10.1. The van der Waals surface area contributed by atoms with Crippen LogP contribution in [0.2, 0.25) is 0 Å². The van der Waals surface area contributed by atoms with E-state index in [0.717, 1.165) is 24.1 Å². The van der Waals surface area contributed by atoms with Gasteiger partial charge in [0.1, 0.15) is 0 Å². The van der Waals surface area contributed by atoms with Gasteiger partial charge < -0.3 is 0 Å². The molecule has 0 spiro atoms.